The molecule has 0 heterocycles. The fraction of sp³-hybridized carbons (Fsp3) is 0.938. The summed E-state index contributed by atoms with van der Waals surface area (Å²) in [6.07, 6.45) is 7.66. The van der Waals surface area contributed by atoms with E-state index in [9.17, 15) is 4.79 Å². The number of nitrogens with one attached hydrogen (secondary N) is 1. The molecule has 4 bridgehead atoms. The Balaban J connectivity index is 1.66. The average molecular weight is 264 g/mol. The highest BCUT2D eigenvalue weighted by Crippen LogP contribution is 2.54. The van der Waals surface area contributed by atoms with Gasteiger partial charge in [0.25, 0.3) is 0 Å². The fourth-order valence-electron chi connectivity index (χ4n) is 5.20. The second-order valence-corrected chi connectivity index (χ2v) is 7.32. The van der Waals surface area contributed by atoms with E-state index in [0.717, 1.165) is 23.7 Å². The molecule has 3 nitrogen and oxygen atoms in total. The Hall–Kier alpha value is -0.570. The second-order valence-electron chi connectivity index (χ2n) is 7.32. The lowest BCUT2D eigenvalue weighted by molar-refractivity contribution is -0.141. The number of hydrogen-bond donors (Lipinski definition) is 1. The zero-order valence-electron chi connectivity index (χ0n) is 12.6. The predicted molar refractivity (Wildman–Crippen MR) is 76.7 cm³/mol. The van der Waals surface area contributed by atoms with Crippen LogP contribution in [-0.2, 0) is 4.79 Å². The van der Waals surface area contributed by atoms with Crippen molar-refractivity contribution in [2.45, 2.75) is 57.5 Å². The maximum absolute atomic E-state index is 12.4. The summed E-state index contributed by atoms with van der Waals surface area (Å²) >= 11 is 0. The maximum Gasteiger partial charge on any atom is 0.224 e. The highest BCUT2D eigenvalue weighted by molar-refractivity contribution is 5.77. The fourth-order valence-corrected chi connectivity index (χ4v) is 5.20. The van der Waals surface area contributed by atoms with Gasteiger partial charge < -0.3 is 10.2 Å². The van der Waals surface area contributed by atoms with E-state index in [2.05, 4.69) is 24.2 Å². The molecule has 4 fully saturated rings. The number of hydrogen-bond acceptors (Lipinski definition) is 2. The van der Waals surface area contributed by atoms with Gasteiger partial charge in [0.1, 0.15) is 0 Å². The third kappa shape index (κ3) is 2.42. The van der Waals surface area contributed by atoms with Crippen LogP contribution >= 0.6 is 0 Å². The van der Waals surface area contributed by atoms with Crippen molar-refractivity contribution in [3.8, 4) is 0 Å². The quantitative estimate of drug-likeness (QED) is 0.845. The monoisotopic (exact) mass is 264 g/mol. The Morgan fingerprint density at radius 1 is 1.16 bits per heavy atom. The summed E-state index contributed by atoms with van der Waals surface area (Å²) in [6.45, 7) is 2.09. The van der Waals surface area contributed by atoms with E-state index in [1.807, 2.05) is 7.05 Å². The summed E-state index contributed by atoms with van der Waals surface area (Å²) in [5.74, 6) is 3.90. The SMILES string of the molecule is CNC(C)CC(=O)N(C)C1C2CC3CC(C2)CC1C3. The highest BCUT2D eigenvalue weighted by Gasteiger charge is 2.50. The average Bonchev–Trinajstić information content (AvgIpc) is 2.36. The molecule has 4 saturated carbocycles. The topological polar surface area (TPSA) is 32.3 Å². The Morgan fingerprint density at radius 2 is 1.68 bits per heavy atom. The van der Waals surface area contributed by atoms with E-state index in [4.69, 9.17) is 0 Å². The molecule has 19 heavy (non-hydrogen) atoms. The zero-order chi connectivity index (χ0) is 13.6. The van der Waals surface area contributed by atoms with Gasteiger partial charge in [-0.15, -0.1) is 0 Å². The largest absolute Gasteiger partial charge is 0.342 e. The van der Waals surface area contributed by atoms with Crippen molar-refractivity contribution in [1.29, 1.82) is 0 Å². The first-order valence-corrected chi connectivity index (χ1v) is 8.01. The smallest absolute Gasteiger partial charge is 0.224 e. The van der Waals surface area contributed by atoms with Gasteiger partial charge in [0.2, 0.25) is 5.91 Å². The standard InChI is InChI=1S/C16H28N2O/c1-10(17-2)4-15(19)18(3)16-13-6-11-5-12(8-13)9-14(16)7-11/h10-14,16-17H,4-9H2,1-3H3. The molecule has 0 spiro atoms. The first-order valence-electron chi connectivity index (χ1n) is 8.01. The maximum atomic E-state index is 12.4. The Kier molecular flexibility index (Phi) is 3.59. The van der Waals surface area contributed by atoms with Crippen molar-refractivity contribution in [2.75, 3.05) is 14.1 Å². The highest BCUT2D eigenvalue weighted by atomic mass is 16.2. The van der Waals surface area contributed by atoms with Crippen LogP contribution in [0.4, 0.5) is 0 Å². The van der Waals surface area contributed by atoms with Gasteiger partial charge in [0, 0.05) is 25.6 Å². The summed E-state index contributed by atoms with van der Waals surface area (Å²) in [7, 11) is 3.98. The molecule has 0 aromatic heterocycles. The minimum atomic E-state index is 0.284. The summed E-state index contributed by atoms with van der Waals surface area (Å²) in [5, 5.41) is 3.17. The van der Waals surface area contributed by atoms with Crippen LogP contribution < -0.4 is 5.32 Å². The number of carbonyl (C=O) groups is 1. The second kappa shape index (κ2) is 5.08. The van der Waals surface area contributed by atoms with Crippen molar-refractivity contribution in [3.05, 3.63) is 0 Å². The van der Waals surface area contributed by atoms with Crippen molar-refractivity contribution in [2.24, 2.45) is 23.7 Å². The van der Waals surface area contributed by atoms with Crippen LogP contribution in [0.3, 0.4) is 0 Å². The van der Waals surface area contributed by atoms with Gasteiger partial charge in [-0.1, -0.05) is 0 Å². The molecule has 4 aliphatic carbocycles. The van der Waals surface area contributed by atoms with Gasteiger partial charge in [0.05, 0.1) is 0 Å². The summed E-state index contributed by atoms with van der Waals surface area (Å²) in [5.41, 5.74) is 0. The number of carbonyl (C=O) groups excluding carboxylic acids is 1. The first kappa shape index (κ1) is 13.4. The molecule has 108 valence electrons. The van der Waals surface area contributed by atoms with Crippen LogP contribution in [-0.4, -0.2) is 37.0 Å². The number of nitrogens with zero attached hydrogens (tertiary/aromatic N) is 1. The van der Waals surface area contributed by atoms with Crippen LogP contribution in [0.15, 0.2) is 0 Å². The van der Waals surface area contributed by atoms with E-state index in [1.165, 1.54) is 32.1 Å². The van der Waals surface area contributed by atoms with E-state index >= 15 is 0 Å². The van der Waals surface area contributed by atoms with Gasteiger partial charge in [-0.25, -0.2) is 0 Å². The molecule has 0 aliphatic heterocycles. The Labute approximate surface area is 117 Å². The van der Waals surface area contributed by atoms with Crippen molar-refractivity contribution in [3.63, 3.8) is 0 Å². The first-order chi connectivity index (χ1) is 9.08. The molecule has 0 saturated heterocycles. The van der Waals surface area contributed by atoms with Crippen LogP contribution in [0.25, 0.3) is 0 Å². The Bertz CT molecular complexity index is 327. The molecule has 0 aromatic rings. The zero-order valence-corrected chi connectivity index (χ0v) is 12.6. The van der Waals surface area contributed by atoms with E-state index < -0.39 is 0 Å². The van der Waals surface area contributed by atoms with Crippen molar-refractivity contribution in [1.82, 2.24) is 10.2 Å². The lowest BCUT2D eigenvalue weighted by Crippen LogP contribution is -2.56. The minimum absolute atomic E-state index is 0.284. The molecule has 4 rings (SSSR count). The molecule has 1 N–H and O–H groups in total. The Morgan fingerprint density at radius 3 is 2.16 bits per heavy atom. The van der Waals surface area contributed by atoms with Crippen LogP contribution in [0, 0.1) is 23.7 Å². The minimum Gasteiger partial charge on any atom is -0.342 e. The van der Waals surface area contributed by atoms with Gasteiger partial charge in [-0.3, -0.25) is 4.79 Å². The summed E-state index contributed by atoms with van der Waals surface area (Å²) < 4.78 is 0. The molecule has 1 amide bonds. The third-order valence-electron chi connectivity index (χ3n) is 5.99. The lowest BCUT2D eigenvalue weighted by Gasteiger charge is -2.56. The van der Waals surface area contributed by atoms with E-state index in [1.54, 1.807) is 0 Å². The van der Waals surface area contributed by atoms with Gasteiger partial charge in [-0.05, 0) is 69.7 Å². The number of amides is 1. The van der Waals surface area contributed by atoms with Crippen molar-refractivity contribution < 1.29 is 4.79 Å². The number of rotatable bonds is 4. The van der Waals surface area contributed by atoms with Crippen LogP contribution in [0.1, 0.15) is 45.4 Å². The van der Waals surface area contributed by atoms with E-state index in [0.29, 0.717) is 18.4 Å². The molecule has 4 aliphatic rings. The summed E-state index contributed by atoms with van der Waals surface area (Å²) in [4.78, 5) is 14.5. The molecule has 0 aromatic carbocycles. The third-order valence-corrected chi connectivity index (χ3v) is 5.99. The van der Waals surface area contributed by atoms with Crippen LogP contribution in [0.2, 0.25) is 0 Å². The van der Waals surface area contributed by atoms with Crippen molar-refractivity contribution >= 4 is 5.91 Å². The predicted octanol–water partition coefficient (Wildman–Crippen LogP) is 2.27. The lowest BCUT2D eigenvalue weighted by atomic mass is 9.54. The molecule has 1 atom stereocenters. The van der Waals surface area contributed by atoms with Gasteiger partial charge in [-0.2, -0.15) is 0 Å². The molecular formula is C16H28N2O. The molecule has 3 heteroatoms. The van der Waals surface area contributed by atoms with Gasteiger partial charge in [0.15, 0.2) is 0 Å². The molecular weight excluding hydrogens is 236 g/mol. The molecule has 0 radical (unpaired) electrons. The summed E-state index contributed by atoms with van der Waals surface area (Å²) in [6, 6.07) is 0.830. The van der Waals surface area contributed by atoms with Crippen LogP contribution in [0.5, 0.6) is 0 Å². The van der Waals surface area contributed by atoms with Gasteiger partial charge >= 0.3 is 0 Å². The van der Waals surface area contributed by atoms with E-state index in [-0.39, 0.29) is 6.04 Å². The normalized spacial score (nSPS) is 41.3. The molecule has 1 unspecified atom stereocenters.